The molecule has 25 heavy (non-hydrogen) atoms. The molecule has 0 saturated carbocycles. The Labute approximate surface area is 145 Å². The molecule has 1 atom stereocenters. The van der Waals surface area contributed by atoms with E-state index in [2.05, 4.69) is 5.32 Å². The number of halogens is 1. The number of methoxy groups -OCH3 is 1. The van der Waals surface area contributed by atoms with Crippen molar-refractivity contribution in [3.8, 4) is 5.75 Å². The molecule has 1 fully saturated rings. The van der Waals surface area contributed by atoms with Crippen LogP contribution < -0.4 is 10.1 Å². The zero-order valence-electron chi connectivity index (χ0n) is 13.9. The summed E-state index contributed by atoms with van der Waals surface area (Å²) in [7, 11) is 1.55. The maximum atomic E-state index is 13.9. The fraction of sp³-hybridized carbons (Fsp3) is 0.263. The van der Waals surface area contributed by atoms with E-state index in [1.807, 2.05) is 0 Å². The molecule has 3 rings (SSSR count). The number of nitrogens with one attached hydrogen (secondary N) is 1. The summed E-state index contributed by atoms with van der Waals surface area (Å²) in [6.07, 6.45) is 1.26. The van der Waals surface area contributed by atoms with Crippen molar-refractivity contribution < 1.29 is 18.7 Å². The van der Waals surface area contributed by atoms with Crippen LogP contribution in [0.3, 0.4) is 0 Å². The number of amides is 2. The molecule has 1 heterocycles. The first kappa shape index (κ1) is 17.0. The lowest BCUT2D eigenvalue weighted by Gasteiger charge is -2.24. The highest BCUT2D eigenvalue weighted by atomic mass is 19.1. The van der Waals surface area contributed by atoms with Crippen molar-refractivity contribution in [3.63, 3.8) is 0 Å². The number of benzene rings is 2. The highest BCUT2D eigenvalue weighted by molar-refractivity contribution is 6.01. The van der Waals surface area contributed by atoms with E-state index in [1.165, 1.54) is 23.1 Å². The third-order valence-electron chi connectivity index (χ3n) is 4.26. The van der Waals surface area contributed by atoms with Gasteiger partial charge in [0.05, 0.1) is 12.7 Å². The molecule has 1 aliphatic heterocycles. The van der Waals surface area contributed by atoms with Crippen molar-refractivity contribution >= 4 is 17.5 Å². The fourth-order valence-electron chi connectivity index (χ4n) is 3.00. The first-order valence-corrected chi connectivity index (χ1v) is 8.10. The van der Waals surface area contributed by atoms with Gasteiger partial charge in [0, 0.05) is 18.3 Å². The fourth-order valence-corrected chi connectivity index (χ4v) is 3.00. The zero-order valence-corrected chi connectivity index (χ0v) is 13.9. The van der Waals surface area contributed by atoms with E-state index in [0.717, 1.165) is 0 Å². The zero-order chi connectivity index (χ0) is 17.8. The number of ether oxygens (including phenoxy) is 1. The average molecular weight is 342 g/mol. The molecule has 2 amide bonds. The summed E-state index contributed by atoms with van der Waals surface area (Å²) in [5.74, 6) is -0.688. The molecule has 1 saturated heterocycles. The second kappa shape index (κ2) is 7.34. The van der Waals surface area contributed by atoms with Gasteiger partial charge in [-0.05, 0) is 37.1 Å². The van der Waals surface area contributed by atoms with Crippen LogP contribution in [0.25, 0.3) is 0 Å². The molecule has 0 spiro atoms. The maximum Gasteiger partial charge on any atom is 0.257 e. The number of anilines is 1. The summed E-state index contributed by atoms with van der Waals surface area (Å²) >= 11 is 0. The minimum absolute atomic E-state index is 0.0106. The summed E-state index contributed by atoms with van der Waals surface area (Å²) in [5.41, 5.74) is 0.582. The molecule has 130 valence electrons. The lowest BCUT2D eigenvalue weighted by atomic mass is 10.1. The van der Waals surface area contributed by atoms with Crippen LogP contribution in [0.5, 0.6) is 5.75 Å². The Kier molecular flexibility index (Phi) is 4.97. The van der Waals surface area contributed by atoms with Crippen LogP contribution in [0, 0.1) is 5.82 Å². The normalized spacial score (nSPS) is 16.6. The summed E-state index contributed by atoms with van der Waals surface area (Å²) in [5, 5.41) is 2.80. The Bertz CT molecular complexity index is 794. The van der Waals surface area contributed by atoms with Crippen molar-refractivity contribution in [1.82, 2.24) is 4.90 Å². The third-order valence-corrected chi connectivity index (χ3v) is 4.26. The van der Waals surface area contributed by atoms with Crippen molar-refractivity contribution in [2.24, 2.45) is 0 Å². The average Bonchev–Trinajstić information content (AvgIpc) is 3.11. The van der Waals surface area contributed by atoms with Crippen LogP contribution in [0.2, 0.25) is 0 Å². The van der Waals surface area contributed by atoms with E-state index in [0.29, 0.717) is 30.8 Å². The smallest absolute Gasteiger partial charge is 0.257 e. The van der Waals surface area contributed by atoms with Crippen molar-refractivity contribution in [1.29, 1.82) is 0 Å². The maximum absolute atomic E-state index is 13.9. The van der Waals surface area contributed by atoms with Crippen LogP contribution in [0.15, 0.2) is 48.5 Å². The number of carbonyl (C=O) groups excluding carboxylic acids is 2. The topological polar surface area (TPSA) is 58.6 Å². The Morgan fingerprint density at radius 2 is 2.00 bits per heavy atom. The number of hydrogen-bond acceptors (Lipinski definition) is 3. The lowest BCUT2D eigenvalue weighted by molar-refractivity contribution is -0.119. The number of likely N-dealkylation sites (tertiary alicyclic amines) is 1. The largest absolute Gasteiger partial charge is 0.497 e. The van der Waals surface area contributed by atoms with Gasteiger partial charge in [-0.2, -0.15) is 0 Å². The molecule has 0 bridgehead atoms. The van der Waals surface area contributed by atoms with Crippen LogP contribution in [0.1, 0.15) is 23.2 Å². The number of hydrogen-bond donors (Lipinski definition) is 1. The summed E-state index contributed by atoms with van der Waals surface area (Å²) in [6.45, 7) is 0.434. The van der Waals surface area contributed by atoms with Gasteiger partial charge in [0.1, 0.15) is 17.6 Å². The monoisotopic (exact) mass is 342 g/mol. The molecule has 2 aromatic rings. The van der Waals surface area contributed by atoms with E-state index in [-0.39, 0.29) is 11.5 Å². The van der Waals surface area contributed by atoms with Gasteiger partial charge >= 0.3 is 0 Å². The van der Waals surface area contributed by atoms with Crippen LogP contribution in [-0.2, 0) is 4.79 Å². The number of nitrogens with zero attached hydrogens (tertiary/aromatic N) is 1. The van der Waals surface area contributed by atoms with Crippen LogP contribution >= 0.6 is 0 Å². The molecule has 0 aromatic heterocycles. The SMILES string of the molecule is COc1cccc(NC(=O)C2CCCN2C(=O)c2ccccc2F)c1. The van der Waals surface area contributed by atoms with Gasteiger partial charge in [0.2, 0.25) is 5.91 Å². The minimum atomic E-state index is -0.613. The molecule has 1 aliphatic rings. The minimum Gasteiger partial charge on any atom is -0.497 e. The molecular weight excluding hydrogens is 323 g/mol. The molecular formula is C19H19FN2O3. The Morgan fingerprint density at radius 1 is 1.20 bits per heavy atom. The first-order chi connectivity index (χ1) is 12.1. The first-order valence-electron chi connectivity index (χ1n) is 8.10. The molecule has 0 aliphatic carbocycles. The van der Waals surface area contributed by atoms with E-state index < -0.39 is 17.8 Å². The standard InChI is InChI=1S/C19H19FN2O3/c1-25-14-7-4-6-13(12-14)21-18(23)17-10-5-11-22(17)19(24)15-8-2-3-9-16(15)20/h2-4,6-9,12,17H,5,10-11H2,1H3,(H,21,23). The third kappa shape index (κ3) is 3.63. The van der Waals surface area contributed by atoms with E-state index >= 15 is 0 Å². The summed E-state index contributed by atoms with van der Waals surface area (Å²) in [4.78, 5) is 26.7. The highest BCUT2D eigenvalue weighted by Crippen LogP contribution is 2.24. The Hall–Kier alpha value is -2.89. The molecule has 1 N–H and O–H groups in total. The molecule has 5 nitrogen and oxygen atoms in total. The van der Waals surface area contributed by atoms with E-state index in [4.69, 9.17) is 4.74 Å². The van der Waals surface area contributed by atoms with Gasteiger partial charge in [0.25, 0.3) is 5.91 Å². The number of carbonyl (C=O) groups is 2. The van der Waals surface area contributed by atoms with Crippen molar-refractivity contribution in [2.75, 3.05) is 19.0 Å². The van der Waals surface area contributed by atoms with E-state index in [9.17, 15) is 14.0 Å². The van der Waals surface area contributed by atoms with Gasteiger partial charge in [-0.1, -0.05) is 18.2 Å². The lowest BCUT2D eigenvalue weighted by Crippen LogP contribution is -2.43. The van der Waals surface area contributed by atoms with Crippen LogP contribution in [-0.4, -0.2) is 36.4 Å². The van der Waals surface area contributed by atoms with Gasteiger partial charge in [-0.15, -0.1) is 0 Å². The summed E-state index contributed by atoms with van der Waals surface area (Å²) < 4.78 is 19.0. The van der Waals surface area contributed by atoms with Crippen molar-refractivity contribution in [2.45, 2.75) is 18.9 Å². The molecule has 6 heteroatoms. The second-order valence-electron chi connectivity index (χ2n) is 5.86. The van der Waals surface area contributed by atoms with Crippen molar-refractivity contribution in [3.05, 3.63) is 59.9 Å². The van der Waals surface area contributed by atoms with Gasteiger partial charge in [-0.25, -0.2) is 4.39 Å². The second-order valence-corrected chi connectivity index (χ2v) is 5.86. The molecule has 2 aromatic carbocycles. The van der Waals surface area contributed by atoms with Gasteiger partial charge in [-0.3, -0.25) is 9.59 Å². The van der Waals surface area contributed by atoms with Gasteiger partial charge < -0.3 is 15.0 Å². The van der Waals surface area contributed by atoms with Gasteiger partial charge in [0.15, 0.2) is 0 Å². The molecule has 0 radical (unpaired) electrons. The highest BCUT2D eigenvalue weighted by Gasteiger charge is 2.35. The van der Waals surface area contributed by atoms with E-state index in [1.54, 1.807) is 37.4 Å². The predicted molar refractivity (Wildman–Crippen MR) is 92.1 cm³/mol. The predicted octanol–water partition coefficient (Wildman–Crippen LogP) is 3.08. The Morgan fingerprint density at radius 3 is 2.76 bits per heavy atom. The Balaban J connectivity index is 1.75. The summed E-state index contributed by atoms with van der Waals surface area (Å²) in [6, 6.07) is 12.2. The number of rotatable bonds is 4. The molecule has 1 unspecified atom stereocenters. The van der Waals surface area contributed by atoms with Crippen LogP contribution in [0.4, 0.5) is 10.1 Å². The quantitative estimate of drug-likeness (QED) is 0.929.